The second kappa shape index (κ2) is 8.99. The highest BCUT2D eigenvalue weighted by Crippen LogP contribution is 2.34. The molecule has 0 amide bonds. The minimum atomic E-state index is -0.150. The van der Waals surface area contributed by atoms with Crippen LogP contribution in [0.2, 0.25) is 0 Å². The van der Waals surface area contributed by atoms with Crippen molar-refractivity contribution >= 4 is 0 Å². The zero-order valence-electron chi connectivity index (χ0n) is 18.7. The number of hydrogen-bond acceptors (Lipinski definition) is 6. The zero-order chi connectivity index (χ0) is 21.1. The summed E-state index contributed by atoms with van der Waals surface area (Å²) in [5.74, 6) is 7.70. The van der Waals surface area contributed by atoms with Crippen LogP contribution in [0.1, 0.15) is 52.8 Å². The highest BCUT2D eigenvalue weighted by Gasteiger charge is 2.32. The first-order valence-electron chi connectivity index (χ1n) is 10.5. The Morgan fingerprint density at radius 3 is 2.31 bits per heavy atom. The molecule has 1 aliphatic heterocycles. The molecule has 0 bridgehead atoms. The molecule has 3 rings (SSSR count). The van der Waals surface area contributed by atoms with Crippen LogP contribution >= 0.6 is 0 Å². The van der Waals surface area contributed by atoms with E-state index in [1.54, 1.807) is 19.5 Å². The van der Waals surface area contributed by atoms with Gasteiger partial charge in [-0.25, -0.2) is 9.97 Å². The molecule has 0 aromatic carbocycles. The standard InChI is InChI=1S/C23H35N3O3/c1-22(2,15-23(3,4)16-28-20-13-26(5)14-20)8-7-21-24-11-19(12-25-21)29-18-9-17(10-18)27-6/h11-12,17-18,20H,9-10,13-16H2,1-6H3. The molecular formula is C23H35N3O3. The van der Waals surface area contributed by atoms with Crippen molar-refractivity contribution in [2.45, 2.75) is 65.3 Å². The van der Waals surface area contributed by atoms with E-state index in [1.807, 2.05) is 0 Å². The van der Waals surface area contributed by atoms with Crippen molar-refractivity contribution < 1.29 is 14.2 Å². The van der Waals surface area contributed by atoms with E-state index in [0.29, 0.717) is 23.8 Å². The van der Waals surface area contributed by atoms with Crippen LogP contribution in [0.3, 0.4) is 0 Å². The molecule has 2 aliphatic rings. The van der Waals surface area contributed by atoms with Crippen molar-refractivity contribution in [2.75, 3.05) is 33.9 Å². The largest absolute Gasteiger partial charge is 0.487 e. The zero-order valence-corrected chi connectivity index (χ0v) is 18.7. The van der Waals surface area contributed by atoms with Crippen LogP contribution in [-0.4, -0.2) is 67.0 Å². The Labute approximate surface area is 175 Å². The third-order valence-corrected chi connectivity index (χ3v) is 5.49. The SMILES string of the molecule is COC1CC(Oc2cnc(C#CC(C)(C)CC(C)(C)COC3CN(C)C3)nc2)C1. The van der Waals surface area contributed by atoms with Crippen LogP contribution in [0.15, 0.2) is 12.4 Å². The van der Waals surface area contributed by atoms with E-state index >= 15 is 0 Å². The molecule has 1 aliphatic carbocycles. The van der Waals surface area contributed by atoms with Crippen molar-refractivity contribution in [2.24, 2.45) is 10.8 Å². The summed E-state index contributed by atoms with van der Waals surface area (Å²) in [6.45, 7) is 11.6. The highest BCUT2D eigenvalue weighted by molar-refractivity contribution is 5.26. The van der Waals surface area contributed by atoms with Gasteiger partial charge in [0.15, 0.2) is 5.75 Å². The summed E-state index contributed by atoms with van der Waals surface area (Å²) in [5.41, 5.74) is -0.0867. The number of rotatable bonds is 8. The van der Waals surface area contributed by atoms with Crippen molar-refractivity contribution in [1.82, 2.24) is 14.9 Å². The van der Waals surface area contributed by atoms with E-state index in [4.69, 9.17) is 14.2 Å². The Morgan fingerprint density at radius 2 is 1.72 bits per heavy atom. The summed E-state index contributed by atoms with van der Waals surface area (Å²) >= 11 is 0. The lowest BCUT2D eigenvalue weighted by molar-refractivity contribution is -0.0745. The minimum absolute atomic E-state index is 0.0632. The van der Waals surface area contributed by atoms with Gasteiger partial charge in [0, 0.05) is 38.5 Å². The van der Waals surface area contributed by atoms with E-state index in [0.717, 1.165) is 39.0 Å². The van der Waals surface area contributed by atoms with Gasteiger partial charge in [-0.3, -0.25) is 0 Å². The topological polar surface area (TPSA) is 56.7 Å². The maximum Gasteiger partial charge on any atom is 0.205 e. The molecule has 2 heterocycles. The average Bonchev–Trinajstić information content (AvgIpc) is 2.59. The molecule has 2 fully saturated rings. The second-order valence-electron chi connectivity index (χ2n) is 9.94. The fourth-order valence-corrected chi connectivity index (χ4v) is 4.05. The van der Waals surface area contributed by atoms with Crippen molar-refractivity contribution in [3.8, 4) is 17.6 Å². The monoisotopic (exact) mass is 401 g/mol. The lowest BCUT2D eigenvalue weighted by Crippen LogP contribution is -2.50. The van der Waals surface area contributed by atoms with E-state index in [9.17, 15) is 0 Å². The highest BCUT2D eigenvalue weighted by atomic mass is 16.5. The van der Waals surface area contributed by atoms with Gasteiger partial charge in [0.2, 0.25) is 5.82 Å². The Kier molecular flexibility index (Phi) is 6.83. The third-order valence-electron chi connectivity index (χ3n) is 5.49. The first-order chi connectivity index (χ1) is 13.6. The Balaban J connectivity index is 1.48. The number of aromatic nitrogens is 2. The van der Waals surface area contributed by atoms with Crippen LogP contribution in [-0.2, 0) is 9.47 Å². The molecule has 6 heteroatoms. The van der Waals surface area contributed by atoms with Gasteiger partial charge < -0.3 is 19.1 Å². The predicted octanol–water partition coefficient (Wildman–Crippen LogP) is 3.16. The first-order valence-corrected chi connectivity index (χ1v) is 10.5. The smallest absolute Gasteiger partial charge is 0.205 e. The molecule has 0 unspecified atom stereocenters. The number of hydrogen-bond donors (Lipinski definition) is 0. The Hall–Kier alpha value is -1.68. The number of methoxy groups -OCH3 is 1. The van der Waals surface area contributed by atoms with Crippen molar-refractivity contribution in [3.63, 3.8) is 0 Å². The van der Waals surface area contributed by atoms with E-state index in [2.05, 4.69) is 61.5 Å². The van der Waals surface area contributed by atoms with Crippen LogP contribution in [0, 0.1) is 22.7 Å². The number of likely N-dealkylation sites (N-methyl/N-ethyl adjacent to an activating group) is 1. The van der Waals surface area contributed by atoms with Gasteiger partial charge in [-0.05, 0) is 38.7 Å². The van der Waals surface area contributed by atoms with Crippen LogP contribution in [0.4, 0.5) is 0 Å². The van der Waals surface area contributed by atoms with Gasteiger partial charge in [0.1, 0.15) is 6.10 Å². The van der Waals surface area contributed by atoms with Gasteiger partial charge in [0.05, 0.1) is 31.2 Å². The van der Waals surface area contributed by atoms with Gasteiger partial charge in [-0.15, -0.1) is 0 Å². The lowest BCUT2D eigenvalue weighted by Gasteiger charge is -2.39. The molecule has 0 N–H and O–H groups in total. The summed E-state index contributed by atoms with van der Waals surface area (Å²) in [7, 11) is 3.86. The molecule has 0 spiro atoms. The van der Waals surface area contributed by atoms with E-state index in [-0.39, 0.29) is 16.9 Å². The number of likely N-dealkylation sites (tertiary alicyclic amines) is 1. The van der Waals surface area contributed by atoms with E-state index in [1.165, 1.54) is 0 Å². The molecular weight excluding hydrogens is 366 g/mol. The second-order valence-corrected chi connectivity index (χ2v) is 9.94. The third kappa shape index (κ3) is 6.67. The van der Waals surface area contributed by atoms with Gasteiger partial charge in [-0.2, -0.15) is 0 Å². The Bertz CT molecular complexity index is 724. The first kappa shape index (κ1) is 22.0. The Morgan fingerprint density at radius 1 is 1.07 bits per heavy atom. The fraction of sp³-hybridized carbons (Fsp3) is 0.739. The normalized spacial score (nSPS) is 23.0. The number of nitrogens with zero attached hydrogens (tertiary/aromatic N) is 3. The summed E-state index contributed by atoms with van der Waals surface area (Å²) in [6.07, 6.45) is 7.09. The average molecular weight is 402 g/mol. The van der Waals surface area contributed by atoms with Crippen LogP contribution in [0.25, 0.3) is 0 Å². The van der Waals surface area contributed by atoms with Crippen LogP contribution < -0.4 is 4.74 Å². The van der Waals surface area contributed by atoms with Gasteiger partial charge >= 0.3 is 0 Å². The van der Waals surface area contributed by atoms with Crippen LogP contribution in [0.5, 0.6) is 5.75 Å². The quantitative estimate of drug-likeness (QED) is 0.624. The fourth-order valence-electron chi connectivity index (χ4n) is 4.05. The molecule has 1 saturated carbocycles. The summed E-state index contributed by atoms with van der Waals surface area (Å²) in [4.78, 5) is 11.0. The van der Waals surface area contributed by atoms with Crippen molar-refractivity contribution in [3.05, 3.63) is 18.2 Å². The molecule has 1 saturated heterocycles. The maximum absolute atomic E-state index is 6.06. The molecule has 0 atom stereocenters. The summed E-state index contributed by atoms with van der Waals surface area (Å²) in [5, 5.41) is 0. The van der Waals surface area contributed by atoms with Gasteiger partial charge in [-0.1, -0.05) is 19.8 Å². The summed E-state index contributed by atoms with van der Waals surface area (Å²) < 4.78 is 17.2. The molecule has 29 heavy (non-hydrogen) atoms. The summed E-state index contributed by atoms with van der Waals surface area (Å²) in [6, 6.07) is 0. The minimum Gasteiger partial charge on any atom is -0.487 e. The molecule has 160 valence electrons. The number of ether oxygens (including phenoxy) is 3. The predicted molar refractivity (Wildman–Crippen MR) is 113 cm³/mol. The maximum atomic E-state index is 6.06. The molecule has 1 aromatic heterocycles. The van der Waals surface area contributed by atoms with Gasteiger partial charge in [0.25, 0.3) is 0 Å². The lowest BCUT2D eigenvalue weighted by atomic mass is 9.76. The molecule has 6 nitrogen and oxygen atoms in total. The molecule has 1 aromatic rings. The van der Waals surface area contributed by atoms with E-state index < -0.39 is 0 Å². The van der Waals surface area contributed by atoms with Crippen molar-refractivity contribution in [1.29, 1.82) is 0 Å². The molecule has 0 radical (unpaired) electrons.